The summed E-state index contributed by atoms with van der Waals surface area (Å²) in [5, 5.41) is 3.12. The van der Waals surface area contributed by atoms with Crippen LogP contribution < -0.4 is 16.0 Å². The van der Waals surface area contributed by atoms with Gasteiger partial charge in [-0.05, 0) is 55.6 Å². The molecule has 5 nitrogen and oxygen atoms in total. The lowest BCUT2D eigenvalue weighted by Gasteiger charge is -2.31. The van der Waals surface area contributed by atoms with Crippen LogP contribution in [0.4, 0.5) is 5.69 Å². The number of carbonyl (C=O) groups excluding carboxylic acids is 2. The number of nitrogens with one attached hydrogen (secondary N) is 1. The summed E-state index contributed by atoms with van der Waals surface area (Å²) in [6, 6.07) is 16.5. The minimum atomic E-state index is -0.145. The second kappa shape index (κ2) is 8.82. The van der Waals surface area contributed by atoms with Crippen molar-refractivity contribution >= 4 is 17.5 Å². The quantitative estimate of drug-likeness (QED) is 0.854. The predicted molar refractivity (Wildman–Crippen MR) is 108 cm³/mol. The lowest BCUT2D eigenvalue weighted by molar-refractivity contribution is 0.0908. The monoisotopic (exact) mass is 365 g/mol. The highest BCUT2D eigenvalue weighted by molar-refractivity contribution is 6.07. The number of amides is 2. The molecule has 0 aromatic heterocycles. The Labute approximate surface area is 160 Å². The van der Waals surface area contributed by atoms with Gasteiger partial charge in [-0.15, -0.1) is 0 Å². The van der Waals surface area contributed by atoms with Crippen molar-refractivity contribution in [1.82, 2.24) is 5.32 Å². The highest BCUT2D eigenvalue weighted by Crippen LogP contribution is 2.24. The van der Waals surface area contributed by atoms with Gasteiger partial charge in [-0.25, -0.2) is 0 Å². The summed E-state index contributed by atoms with van der Waals surface area (Å²) in [5.74, 6) is 0.0439. The van der Waals surface area contributed by atoms with Crippen molar-refractivity contribution in [2.75, 3.05) is 18.5 Å². The molecule has 2 aromatic rings. The molecule has 3 N–H and O–H groups in total. The number of nitrogens with two attached hydrogens (primary N) is 1. The number of carbonyl (C=O) groups is 2. The van der Waals surface area contributed by atoms with Crippen LogP contribution >= 0.6 is 0 Å². The van der Waals surface area contributed by atoms with E-state index in [2.05, 4.69) is 5.32 Å². The van der Waals surface area contributed by atoms with Gasteiger partial charge in [0.1, 0.15) is 0 Å². The molecule has 0 radical (unpaired) electrons. The molecule has 2 amide bonds. The SMILES string of the molecule is CN(C(=O)c1cccc(C(=O)NC2CCCCC2CN)c1)c1ccccc1. The molecule has 0 bridgehead atoms. The van der Waals surface area contributed by atoms with Gasteiger partial charge < -0.3 is 16.0 Å². The van der Waals surface area contributed by atoms with Gasteiger partial charge in [0, 0.05) is 29.9 Å². The van der Waals surface area contributed by atoms with Crippen LogP contribution in [0.1, 0.15) is 46.4 Å². The van der Waals surface area contributed by atoms with Gasteiger partial charge in [-0.2, -0.15) is 0 Å². The highest BCUT2D eigenvalue weighted by atomic mass is 16.2. The lowest BCUT2D eigenvalue weighted by atomic mass is 9.84. The van der Waals surface area contributed by atoms with Crippen molar-refractivity contribution in [1.29, 1.82) is 0 Å². The average Bonchev–Trinajstić information content (AvgIpc) is 2.73. The van der Waals surface area contributed by atoms with Gasteiger partial charge in [0.05, 0.1) is 0 Å². The summed E-state index contributed by atoms with van der Waals surface area (Å²) in [5.41, 5.74) is 7.67. The van der Waals surface area contributed by atoms with Crippen LogP contribution in [0.3, 0.4) is 0 Å². The summed E-state index contributed by atoms with van der Waals surface area (Å²) in [6.45, 7) is 0.589. The van der Waals surface area contributed by atoms with Crippen LogP contribution in [-0.2, 0) is 0 Å². The molecular formula is C22H27N3O2. The highest BCUT2D eigenvalue weighted by Gasteiger charge is 2.26. The molecular weight excluding hydrogens is 338 g/mol. The first kappa shape index (κ1) is 19.1. The van der Waals surface area contributed by atoms with E-state index in [1.165, 1.54) is 6.42 Å². The van der Waals surface area contributed by atoms with Crippen molar-refractivity contribution in [2.45, 2.75) is 31.7 Å². The van der Waals surface area contributed by atoms with Gasteiger partial charge in [0.2, 0.25) is 0 Å². The molecule has 1 fully saturated rings. The number of benzene rings is 2. The van der Waals surface area contributed by atoms with Crippen LogP contribution in [0.2, 0.25) is 0 Å². The Hall–Kier alpha value is -2.66. The summed E-state index contributed by atoms with van der Waals surface area (Å²) < 4.78 is 0. The fourth-order valence-corrected chi connectivity index (χ4v) is 3.69. The van der Waals surface area contributed by atoms with Crippen LogP contribution in [0.25, 0.3) is 0 Å². The molecule has 1 aliphatic carbocycles. The summed E-state index contributed by atoms with van der Waals surface area (Å²) in [7, 11) is 1.73. The lowest BCUT2D eigenvalue weighted by Crippen LogP contribution is -2.44. The number of anilines is 1. The Morgan fingerprint density at radius 1 is 1.04 bits per heavy atom. The fourth-order valence-electron chi connectivity index (χ4n) is 3.69. The van der Waals surface area contributed by atoms with Crippen LogP contribution in [0.15, 0.2) is 54.6 Å². The van der Waals surface area contributed by atoms with E-state index in [-0.39, 0.29) is 17.9 Å². The maximum absolute atomic E-state index is 12.8. The molecule has 2 aromatic carbocycles. The molecule has 0 saturated heterocycles. The minimum absolute atomic E-state index is 0.114. The number of para-hydroxylation sites is 1. The first-order valence-corrected chi connectivity index (χ1v) is 9.54. The molecule has 3 rings (SSSR count). The molecule has 2 atom stereocenters. The molecule has 27 heavy (non-hydrogen) atoms. The maximum atomic E-state index is 12.8. The summed E-state index contributed by atoms with van der Waals surface area (Å²) >= 11 is 0. The topological polar surface area (TPSA) is 75.4 Å². The van der Waals surface area contributed by atoms with Crippen LogP contribution in [0, 0.1) is 5.92 Å². The second-order valence-electron chi connectivity index (χ2n) is 7.14. The van der Waals surface area contributed by atoms with Crippen molar-refractivity contribution in [2.24, 2.45) is 11.7 Å². The van der Waals surface area contributed by atoms with E-state index in [4.69, 9.17) is 5.73 Å². The Morgan fingerprint density at radius 2 is 1.74 bits per heavy atom. The van der Waals surface area contributed by atoms with Gasteiger partial charge in [0.25, 0.3) is 11.8 Å². The number of hydrogen-bond donors (Lipinski definition) is 2. The van der Waals surface area contributed by atoms with E-state index in [9.17, 15) is 9.59 Å². The number of nitrogens with zero attached hydrogens (tertiary/aromatic N) is 1. The van der Waals surface area contributed by atoms with Gasteiger partial charge >= 0.3 is 0 Å². The van der Waals surface area contributed by atoms with Crippen molar-refractivity contribution in [3.63, 3.8) is 0 Å². The first-order valence-electron chi connectivity index (χ1n) is 9.54. The van der Waals surface area contributed by atoms with Crippen LogP contribution in [-0.4, -0.2) is 31.4 Å². The summed E-state index contributed by atoms with van der Waals surface area (Å²) in [6.07, 6.45) is 4.30. The number of rotatable bonds is 5. The summed E-state index contributed by atoms with van der Waals surface area (Å²) in [4.78, 5) is 27.1. The van der Waals surface area contributed by atoms with Gasteiger partial charge in [0.15, 0.2) is 0 Å². The van der Waals surface area contributed by atoms with Crippen molar-refractivity contribution < 1.29 is 9.59 Å². The smallest absolute Gasteiger partial charge is 0.258 e. The molecule has 1 saturated carbocycles. The minimum Gasteiger partial charge on any atom is -0.349 e. The first-order chi connectivity index (χ1) is 13.1. The van der Waals surface area contributed by atoms with E-state index in [1.54, 1.807) is 36.2 Å². The Bertz CT molecular complexity index is 791. The zero-order valence-electron chi connectivity index (χ0n) is 15.7. The van der Waals surface area contributed by atoms with E-state index < -0.39 is 0 Å². The van der Waals surface area contributed by atoms with E-state index in [0.29, 0.717) is 23.6 Å². The molecule has 0 spiro atoms. The van der Waals surface area contributed by atoms with E-state index in [0.717, 1.165) is 24.9 Å². The molecule has 2 unspecified atom stereocenters. The normalized spacial score (nSPS) is 19.3. The molecule has 0 aliphatic heterocycles. The van der Waals surface area contributed by atoms with Gasteiger partial charge in [-0.1, -0.05) is 37.1 Å². The average molecular weight is 365 g/mol. The zero-order valence-corrected chi connectivity index (χ0v) is 15.7. The standard InChI is InChI=1S/C22H27N3O2/c1-25(19-11-3-2-4-12-19)22(27)17-10-7-9-16(14-17)21(26)24-20-13-6-5-8-18(20)15-23/h2-4,7,9-12,14,18,20H,5-6,8,13,15,23H2,1H3,(H,24,26). The molecule has 1 aliphatic rings. The van der Waals surface area contributed by atoms with Crippen molar-refractivity contribution in [3.05, 3.63) is 65.7 Å². The largest absolute Gasteiger partial charge is 0.349 e. The van der Waals surface area contributed by atoms with E-state index in [1.807, 2.05) is 30.3 Å². The predicted octanol–water partition coefficient (Wildman–Crippen LogP) is 3.21. The molecule has 0 heterocycles. The van der Waals surface area contributed by atoms with Gasteiger partial charge in [-0.3, -0.25) is 9.59 Å². The third-order valence-corrected chi connectivity index (χ3v) is 5.35. The Morgan fingerprint density at radius 3 is 2.48 bits per heavy atom. The Balaban J connectivity index is 1.73. The van der Waals surface area contributed by atoms with Crippen LogP contribution in [0.5, 0.6) is 0 Å². The third-order valence-electron chi connectivity index (χ3n) is 5.35. The molecule has 5 heteroatoms. The Kier molecular flexibility index (Phi) is 6.24. The van der Waals surface area contributed by atoms with E-state index >= 15 is 0 Å². The zero-order chi connectivity index (χ0) is 19.2. The van der Waals surface area contributed by atoms with Crippen molar-refractivity contribution in [3.8, 4) is 0 Å². The fraction of sp³-hybridized carbons (Fsp3) is 0.364. The maximum Gasteiger partial charge on any atom is 0.258 e. The number of hydrogen-bond acceptors (Lipinski definition) is 3. The third kappa shape index (κ3) is 4.55. The molecule has 142 valence electrons. The second-order valence-corrected chi connectivity index (χ2v) is 7.14.